The molecule has 0 aromatic heterocycles. The summed E-state index contributed by atoms with van der Waals surface area (Å²) in [6.45, 7) is 22.6. The van der Waals surface area contributed by atoms with Gasteiger partial charge in [0, 0.05) is 25.9 Å². The molecule has 5 aliphatic rings. The lowest BCUT2D eigenvalue weighted by Gasteiger charge is -2.58. The van der Waals surface area contributed by atoms with Gasteiger partial charge >= 0.3 is 6.16 Å². The van der Waals surface area contributed by atoms with Gasteiger partial charge < -0.3 is 9.16 Å². The van der Waals surface area contributed by atoms with Gasteiger partial charge in [0.05, 0.1) is 0 Å². The van der Waals surface area contributed by atoms with E-state index in [-0.39, 0.29) is 29.4 Å². The Balaban J connectivity index is 1.13. The van der Waals surface area contributed by atoms with Crippen molar-refractivity contribution in [1.82, 2.24) is 5.06 Å². The van der Waals surface area contributed by atoms with Crippen LogP contribution in [-0.4, -0.2) is 44.1 Å². The van der Waals surface area contributed by atoms with Crippen molar-refractivity contribution in [3.63, 3.8) is 0 Å². The average molecular weight is 658 g/mol. The number of carbonyl (C=O) groups excluding carboxylic acids is 3. The molecule has 1 aliphatic heterocycles. The molecule has 4 fully saturated rings. The number of imide groups is 1. The molecule has 46 heavy (non-hydrogen) atoms. The summed E-state index contributed by atoms with van der Waals surface area (Å²) in [5.41, 5.74) is 2.03. The van der Waals surface area contributed by atoms with Gasteiger partial charge in [0.15, 0.2) is 8.32 Å². The van der Waals surface area contributed by atoms with Crippen molar-refractivity contribution < 1.29 is 28.4 Å². The second kappa shape index (κ2) is 13.3. The van der Waals surface area contributed by atoms with E-state index in [4.69, 9.17) is 14.0 Å². The van der Waals surface area contributed by atoms with E-state index >= 15 is 0 Å². The number of hydrogen-bond acceptors (Lipinski definition) is 6. The Morgan fingerprint density at radius 2 is 1.70 bits per heavy atom. The molecule has 0 spiro atoms. The molecular weight excluding hydrogens is 595 g/mol. The molecule has 0 N–H and O–H groups in total. The summed E-state index contributed by atoms with van der Waals surface area (Å²) in [5.74, 6) is 3.47. The topological polar surface area (TPSA) is 82.1 Å². The third-order valence-corrected chi connectivity index (χ3v) is 18.6. The third kappa shape index (κ3) is 6.90. The molecule has 2 amide bonds. The minimum absolute atomic E-state index is 0.0793. The van der Waals surface area contributed by atoms with E-state index in [0.29, 0.717) is 22.3 Å². The van der Waals surface area contributed by atoms with Crippen LogP contribution < -0.4 is 0 Å². The number of hydrogen-bond donors (Lipinski definition) is 0. The average Bonchev–Trinajstić information content (AvgIpc) is 3.49. The Bertz CT molecular complexity index is 1180. The van der Waals surface area contributed by atoms with E-state index < -0.39 is 26.3 Å². The molecule has 1 heterocycles. The van der Waals surface area contributed by atoms with Crippen molar-refractivity contribution in [2.45, 2.75) is 156 Å². The fraction of sp³-hybridized carbons (Fsp3) is 0.868. The van der Waals surface area contributed by atoms with E-state index in [0.717, 1.165) is 56.0 Å². The molecule has 0 unspecified atom stereocenters. The van der Waals surface area contributed by atoms with Gasteiger partial charge in [-0.1, -0.05) is 78.0 Å². The zero-order valence-electron chi connectivity index (χ0n) is 30.4. The fourth-order valence-corrected chi connectivity index (χ4v) is 11.4. The van der Waals surface area contributed by atoms with Crippen LogP contribution in [0.3, 0.4) is 0 Å². The monoisotopic (exact) mass is 657 g/mol. The first-order valence-corrected chi connectivity index (χ1v) is 21.4. The molecule has 9 atom stereocenters. The summed E-state index contributed by atoms with van der Waals surface area (Å²) in [4.78, 5) is 41.1. The molecule has 4 aliphatic carbocycles. The van der Waals surface area contributed by atoms with E-state index in [1.807, 2.05) is 0 Å². The second-order valence-electron chi connectivity index (χ2n) is 18.0. The Morgan fingerprint density at radius 3 is 2.37 bits per heavy atom. The Morgan fingerprint density at radius 1 is 1.00 bits per heavy atom. The van der Waals surface area contributed by atoms with E-state index in [9.17, 15) is 14.4 Å². The maximum atomic E-state index is 12.5. The molecule has 0 radical (unpaired) electrons. The van der Waals surface area contributed by atoms with Crippen molar-refractivity contribution >= 4 is 26.3 Å². The lowest BCUT2D eigenvalue weighted by molar-refractivity contribution is -0.179. The van der Waals surface area contributed by atoms with Gasteiger partial charge in [0.25, 0.3) is 11.8 Å². The maximum Gasteiger partial charge on any atom is 0.534 e. The van der Waals surface area contributed by atoms with Crippen LogP contribution in [0.15, 0.2) is 11.6 Å². The van der Waals surface area contributed by atoms with Gasteiger partial charge in [0.1, 0.15) is 6.10 Å². The molecule has 8 heteroatoms. The normalized spacial score (nSPS) is 36.0. The van der Waals surface area contributed by atoms with E-state index in [1.54, 1.807) is 0 Å². The van der Waals surface area contributed by atoms with Gasteiger partial charge in [-0.05, 0) is 116 Å². The molecule has 3 saturated carbocycles. The van der Waals surface area contributed by atoms with Gasteiger partial charge in [-0.15, -0.1) is 0 Å². The quantitative estimate of drug-likeness (QED) is 0.101. The van der Waals surface area contributed by atoms with Crippen LogP contribution in [0.25, 0.3) is 0 Å². The largest absolute Gasteiger partial charge is 0.534 e. The summed E-state index contributed by atoms with van der Waals surface area (Å²) < 4.78 is 12.2. The van der Waals surface area contributed by atoms with Gasteiger partial charge in [-0.25, -0.2) is 4.79 Å². The maximum absolute atomic E-state index is 12.5. The van der Waals surface area contributed by atoms with Gasteiger partial charge in [0.2, 0.25) is 0 Å². The SMILES string of the molecule is C[C@H](CCC[C@@H](C)[C@H]1CC[C@H]2[C@@H]3CC=C4C[C@@H](OC(=O)ON5C(=O)CCC5=O)CC[C@]4(C)[C@H]3CC[C@]12C)CO[Si](C)(C)C(C)(C)C. The Hall–Kier alpha value is -1.67. The number of fused-ring (bicyclic) bond motifs is 5. The number of hydroxylamine groups is 2. The van der Waals surface area contributed by atoms with E-state index in [2.05, 4.69) is 67.6 Å². The van der Waals surface area contributed by atoms with Crippen molar-refractivity contribution in [3.05, 3.63) is 11.6 Å². The first-order valence-electron chi connectivity index (χ1n) is 18.5. The summed E-state index contributed by atoms with van der Waals surface area (Å²) in [6, 6.07) is 0. The second-order valence-corrected chi connectivity index (χ2v) is 22.8. The van der Waals surface area contributed by atoms with Gasteiger partial charge in [-0.3, -0.25) is 14.4 Å². The number of carbonyl (C=O) groups is 3. The lowest BCUT2D eigenvalue weighted by Crippen LogP contribution is -2.51. The van der Waals surface area contributed by atoms with Gasteiger partial charge in [-0.2, -0.15) is 0 Å². The predicted molar refractivity (Wildman–Crippen MR) is 183 cm³/mol. The summed E-state index contributed by atoms with van der Waals surface area (Å²) in [5, 5.41) is 0.840. The summed E-state index contributed by atoms with van der Waals surface area (Å²) >= 11 is 0. The van der Waals surface area contributed by atoms with Crippen LogP contribution >= 0.6 is 0 Å². The molecule has 0 bridgehead atoms. The first-order chi connectivity index (χ1) is 21.5. The molecule has 1 saturated heterocycles. The number of allylic oxidation sites excluding steroid dienone is 1. The van der Waals surface area contributed by atoms with Crippen LogP contribution in [0.5, 0.6) is 0 Å². The lowest BCUT2D eigenvalue weighted by atomic mass is 9.47. The zero-order valence-corrected chi connectivity index (χ0v) is 31.4. The standard InChI is InChI=1S/C38H63NO6Si/c1-25(24-43-46(8,9)36(3,4)5)11-10-12-26(2)30-15-16-31-29-14-13-27-23-28(44-35(42)45-39-33(40)17-18-34(39)41)19-21-37(27,6)32(29)20-22-38(30,31)7/h13,25-26,28-32H,10-12,14-24H2,1-9H3/t25-,26-,28+,29+,30-,31+,32+,37+,38-/m1/s1. The highest BCUT2D eigenvalue weighted by Crippen LogP contribution is 2.67. The number of nitrogens with zero attached hydrogens (tertiary/aromatic N) is 1. The molecule has 7 nitrogen and oxygen atoms in total. The van der Waals surface area contributed by atoms with Crippen LogP contribution in [0, 0.1) is 46.3 Å². The highest BCUT2D eigenvalue weighted by atomic mass is 28.4. The molecule has 5 rings (SSSR count). The molecule has 260 valence electrons. The summed E-state index contributed by atoms with van der Waals surface area (Å²) in [6.07, 6.45) is 14.3. The molecule has 0 aromatic carbocycles. The smallest absolute Gasteiger partial charge is 0.429 e. The van der Waals surface area contributed by atoms with E-state index in [1.165, 1.54) is 50.5 Å². The molecular formula is C38H63NO6Si. The van der Waals surface area contributed by atoms with Crippen molar-refractivity contribution in [3.8, 4) is 0 Å². The van der Waals surface area contributed by atoms with Crippen molar-refractivity contribution in [1.29, 1.82) is 0 Å². The molecule has 0 aromatic rings. The number of rotatable bonds is 10. The number of ether oxygens (including phenoxy) is 1. The summed E-state index contributed by atoms with van der Waals surface area (Å²) in [7, 11) is -1.68. The minimum atomic E-state index is -1.68. The fourth-order valence-electron chi connectivity index (χ4n) is 10.2. The van der Waals surface area contributed by atoms with Crippen molar-refractivity contribution in [2.24, 2.45) is 46.3 Å². The van der Waals surface area contributed by atoms with Crippen LogP contribution in [0.2, 0.25) is 18.1 Å². The minimum Gasteiger partial charge on any atom is -0.429 e. The van der Waals surface area contributed by atoms with Crippen LogP contribution in [-0.2, 0) is 23.6 Å². The zero-order chi connectivity index (χ0) is 33.7. The highest BCUT2D eigenvalue weighted by molar-refractivity contribution is 6.74. The third-order valence-electron chi connectivity index (χ3n) is 14.1. The Labute approximate surface area is 280 Å². The predicted octanol–water partition coefficient (Wildman–Crippen LogP) is 9.62. The highest BCUT2D eigenvalue weighted by Gasteiger charge is 2.59. The van der Waals surface area contributed by atoms with Crippen LogP contribution in [0.1, 0.15) is 132 Å². The van der Waals surface area contributed by atoms with Crippen molar-refractivity contribution in [2.75, 3.05) is 6.61 Å². The Kier molecular flexibility index (Phi) is 10.3. The first kappa shape index (κ1) is 35.6. The number of amides is 2. The van der Waals surface area contributed by atoms with Crippen LogP contribution in [0.4, 0.5) is 4.79 Å².